The van der Waals surface area contributed by atoms with Crippen LogP contribution in [0.25, 0.3) is 0 Å². The molecule has 1 aliphatic rings. The number of nitrogens with zero attached hydrogens (tertiary/aromatic N) is 1. The topological polar surface area (TPSA) is 43.0 Å². The van der Waals surface area contributed by atoms with Gasteiger partial charge in [0.05, 0.1) is 20.3 Å². The maximum absolute atomic E-state index is 5.93. The summed E-state index contributed by atoms with van der Waals surface area (Å²) in [6.45, 7) is 6.03. The molecule has 1 saturated heterocycles. The van der Waals surface area contributed by atoms with Gasteiger partial charge in [0.25, 0.3) is 0 Å². The number of hydrogen-bond donors (Lipinski definition) is 1. The van der Waals surface area contributed by atoms with Gasteiger partial charge in [-0.05, 0) is 13.1 Å². The zero-order valence-corrected chi connectivity index (χ0v) is 12.4. The summed E-state index contributed by atoms with van der Waals surface area (Å²) in [4.78, 5) is 2.36. The summed E-state index contributed by atoms with van der Waals surface area (Å²) in [5.74, 6) is 1.72. The van der Waals surface area contributed by atoms with Crippen molar-refractivity contribution in [2.24, 2.45) is 0 Å². The van der Waals surface area contributed by atoms with E-state index in [1.165, 1.54) is 0 Å². The van der Waals surface area contributed by atoms with Gasteiger partial charge in [-0.2, -0.15) is 0 Å². The number of benzene rings is 1. The molecule has 1 aromatic rings. The quantitative estimate of drug-likeness (QED) is 0.811. The van der Waals surface area contributed by atoms with E-state index in [-0.39, 0.29) is 0 Å². The van der Waals surface area contributed by atoms with Crippen molar-refractivity contribution in [1.29, 1.82) is 0 Å². The first kappa shape index (κ1) is 15.1. The fourth-order valence-corrected chi connectivity index (χ4v) is 2.24. The molecule has 0 atom stereocenters. The van der Waals surface area contributed by atoms with E-state index in [1.807, 2.05) is 25.2 Å². The minimum Gasteiger partial charge on any atom is -0.497 e. The predicted molar refractivity (Wildman–Crippen MR) is 78.5 cm³/mol. The Labute approximate surface area is 120 Å². The molecule has 2 rings (SSSR count). The lowest BCUT2D eigenvalue weighted by Gasteiger charge is -2.26. The van der Waals surface area contributed by atoms with Crippen LogP contribution in [-0.4, -0.2) is 58.5 Å². The summed E-state index contributed by atoms with van der Waals surface area (Å²) in [7, 11) is 3.60. The van der Waals surface area contributed by atoms with Crippen LogP contribution in [-0.2, 0) is 11.3 Å². The fraction of sp³-hybridized carbons (Fsp3) is 0.600. The predicted octanol–water partition coefficient (Wildman–Crippen LogP) is 1.13. The SMILES string of the molecule is CNCc1ccc(OC)cc1OCCN1CCOCC1. The summed E-state index contributed by atoms with van der Waals surface area (Å²) >= 11 is 0. The molecule has 1 N–H and O–H groups in total. The Morgan fingerprint density at radius 1 is 1.30 bits per heavy atom. The first-order valence-corrected chi connectivity index (χ1v) is 7.08. The molecule has 5 heteroatoms. The summed E-state index contributed by atoms with van der Waals surface area (Å²) in [5.41, 5.74) is 1.15. The number of ether oxygens (including phenoxy) is 3. The maximum atomic E-state index is 5.93. The minimum absolute atomic E-state index is 0.684. The summed E-state index contributed by atoms with van der Waals surface area (Å²) in [6.07, 6.45) is 0. The van der Waals surface area contributed by atoms with Crippen molar-refractivity contribution in [2.45, 2.75) is 6.54 Å². The highest BCUT2D eigenvalue weighted by Crippen LogP contribution is 2.24. The van der Waals surface area contributed by atoms with Crippen molar-refractivity contribution in [3.8, 4) is 11.5 Å². The smallest absolute Gasteiger partial charge is 0.127 e. The second-order valence-corrected chi connectivity index (χ2v) is 4.81. The lowest BCUT2D eigenvalue weighted by Crippen LogP contribution is -2.38. The van der Waals surface area contributed by atoms with Crippen molar-refractivity contribution in [3.05, 3.63) is 23.8 Å². The van der Waals surface area contributed by atoms with E-state index in [0.717, 1.165) is 56.5 Å². The van der Waals surface area contributed by atoms with Crippen LogP contribution in [0.1, 0.15) is 5.56 Å². The van der Waals surface area contributed by atoms with Gasteiger partial charge in [0.2, 0.25) is 0 Å². The van der Waals surface area contributed by atoms with Gasteiger partial charge in [-0.15, -0.1) is 0 Å². The van der Waals surface area contributed by atoms with E-state index in [9.17, 15) is 0 Å². The Kier molecular flexibility index (Phi) is 6.11. The first-order chi connectivity index (χ1) is 9.83. The lowest BCUT2D eigenvalue weighted by molar-refractivity contribution is 0.0322. The Morgan fingerprint density at radius 2 is 2.10 bits per heavy atom. The molecule has 0 aromatic heterocycles. The average molecular weight is 280 g/mol. The van der Waals surface area contributed by atoms with Crippen LogP contribution in [0.2, 0.25) is 0 Å². The summed E-state index contributed by atoms with van der Waals surface area (Å²) in [5, 5.41) is 3.15. The highest BCUT2D eigenvalue weighted by molar-refractivity contribution is 5.40. The molecule has 112 valence electrons. The molecule has 20 heavy (non-hydrogen) atoms. The number of rotatable bonds is 7. The van der Waals surface area contributed by atoms with Gasteiger partial charge >= 0.3 is 0 Å². The van der Waals surface area contributed by atoms with Gasteiger partial charge in [0.15, 0.2) is 0 Å². The number of methoxy groups -OCH3 is 1. The first-order valence-electron chi connectivity index (χ1n) is 7.08. The fourth-order valence-electron chi connectivity index (χ4n) is 2.24. The van der Waals surface area contributed by atoms with Crippen molar-refractivity contribution < 1.29 is 14.2 Å². The van der Waals surface area contributed by atoms with Crippen LogP contribution < -0.4 is 14.8 Å². The third-order valence-electron chi connectivity index (χ3n) is 3.41. The zero-order valence-electron chi connectivity index (χ0n) is 12.4. The van der Waals surface area contributed by atoms with Crippen molar-refractivity contribution >= 4 is 0 Å². The molecular formula is C15H24N2O3. The lowest BCUT2D eigenvalue weighted by atomic mass is 10.2. The molecule has 5 nitrogen and oxygen atoms in total. The normalized spacial score (nSPS) is 16.1. The van der Waals surface area contributed by atoms with E-state index in [1.54, 1.807) is 7.11 Å². The second kappa shape index (κ2) is 8.09. The summed E-state index contributed by atoms with van der Waals surface area (Å²) in [6, 6.07) is 5.95. The largest absolute Gasteiger partial charge is 0.497 e. The highest BCUT2D eigenvalue weighted by Gasteiger charge is 2.11. The van der Waals surface area contributed by atoms with Crippen LogP contribution in [0.3, 0.4) is 0 Å². The molecule has 0 aliphatic carbocycles. The molecule has 0 unspecified atom stereocenters. The van der Waals surface area contributed by atoms with Crippen LogP contribution in [0, 0.1) is 0 Å². The van der Waals surface area contributed by atoms with Crippen molar-refractivity contribution in [2.75, 3.05) is 53.6 Å². The molecular weight excluding hydrogens is 256 g/mol. The van der Waals surface area contributed by atoms with E-state index >= 15 is 0 Å². The van der Waals surface area contributed by atoms with Crippen LogP contribution in [0.15, 0.2) is 18.2 Å². The average Bonchev–Trinajstić information content (AvgIpc) is 2.50. The van der Waals surface area contributed by atoms with Crippen molar-refractivity contribution in [3.63, 3.8) is 0 Å². The Bertz CT molecular complexity index is 406. The number of hydrogen-bond acceptors (Lipinski definition) is 5. The van der Waals surface area contributed by atoms with Crippen LogP contribution in [0.4, 0.5) is 0 Å². The van der Waals surface area contributed by atoms with E-state index in [2.05, 4.69) is 10.2 Å². The minimum atomic E-state index is 0.684. The monoisotopic (exact) mass is 280 g/mol. The van der Waals surface area contributed by atoms with Crippen LogP contribution >= 0.6 is 0 Å². The molecule has 1 aliphatic heterocycles. The Hall–Kier alpha value is -1.30. The zero-order chi connectivity index (χ0) is 14.2. The van der Waals surface area contributed by atoms with Gasteiger partial charge in [-0.1, -0.05) is 6.07 Å². The van der Waals surface area contributed by atoms with Gasteiger partial charge in [0, 0.05) is 37.8 Å². The molecule has 1 aromatic carbocycles. The Morgan fingerprint density at radius 3 is 2.80 bits per heavy atom. The highest BCUT2D eigenvalue weighted by atomic mass is 16.5. The van der Waals surface area contributed by atoms with Crippen molar-refractivity contribution in [1.82, 2.24) is 10.2 Å². The van der Waals surface area contributed by atoms with E-state index < -0.39 is 0 Å². The number of morpholine rings is 1. The maximum Gasteiger partial charge on any atom is 0.127 e. The second-order valence-electron chi connectivity index (χ2n) is 4.81. The molecule has 0 bridgehead atoms. The number of nitrogens with one attached hydrogen (secondary N) is 1. The van der Waals surface area contributed by atoms with Gasteiger partial charge < -0.3 is 19.5 Å². The van der Waals surface area contributed by atoms with E-state index in [4.69, 9.17) is 14.2 Å². The van der Waals surface area contributed by atoms with Gasteiger partial charge in [0.1, 0.15) is 18.1 Å². The molecule has 1 heterocycles. The molecule has 0 amide bonds. The molecule has 0 radical (unpaired) electrons. The molecule has 0 spiro atoms. The third kappa shape index (κ3) is 4.37. The standard InChI is InChI=1S/C15H24N2O3/c1-16-12-13-3-4-14(18-2)11-15(13)20-10-7-17-5-8-19-9-6-17/h3-4,11,16H,5-10,12H2,1-2H3. The Balaban J connectivity index is 1.89. The third-order valence-corrected chi connectivity index (χ3v) is 3.41. The van der Waals surface area contributed by atoms with Crippen LogP contribution in [0.5, 0.6) is 11.5 Å². The van der Waals surface area contributed by atoms with Gasteiger partial charge in [-0.3, -0.25) is 4.90 Å². The van der Waals surface area contributed by atoms with E-state index in [0.29, 0.717) is 6.61 Å². The summed E-state index contributed by atoms with van der Waals surface area (Å²) < 4.78 is 16.5. The molecule has 0 saturated carbocycles. The molecule has 1 fully saturated rings. The van der Waals surface area contributed by atoms with Gasteiger partial charge in [-0.25, -0.2) is 0 Å².